The fraction of sp³-hybridized carbons (Fsp3) is 0.438. The average molecular weight is 371 g/mol. The number of rotatable bonds is 6. The molecule has 8 heteroatoms. The smallest absolute Gasteiger partial charge is 0.335 e. The molecule has 1 unspecified atom stereocenters. The fourth-order valence-electron chi connectivity index (χ4n) is 1.68. The van der Waals surface area contributed by atoms with E-state index < -0.39 is 26.3 Å². The Morgan fingerprint density at radius 1 is 1.29 bits per heavy atom. The van der Waals surface area contributed by atoms with Gasteiger partial charge in [-0.2, -0.15) is 4.72 Å². The summed E-state index contributed by atoms with van der Waals surface area (Å²) in [7, 11) is -4.08. The van der Waals surface area contributed by atoms with E-state index in [1.54, 1.807) is 27.7 Å². The van der Waals surface area contributed by atoms with Gasteiger partial charge >= 0.3 is 5.97 Å². The molecule has 1 aromatic rings. The molecule has 1 aromatic carbocycles. The summed E-state index contributed by atoms with van der Waals surface area (Å²) >= 11 is 4.09. The lowest BCUT2D eigenvalue weighted by Crippen LogP contribution is -2.58. The van der Waals surface area contributed by atoms with E-state index in [0.717, 1.165) is 0 Å². The molecule has 1 rings (SSSR count). The van der Waals surface area contributed by atoms with Crippen LogP contribution in [0.25, 0.3) is 0 Å². The van der Waals surface area contributed by atoms with E-state index in [2.05, 4.69) is 29.2 Å². The Bertz CT molecular complexity index is 754. The molecule has 0 fully saturated rings. The molecule has 2 N–H and O–H groups in total. The van der Waals surface area contributed by atoms with Gasteiger partial charge in [-0.15, -0.1) is 18.5 Å². The summed E-state index contributed by atoms with van der Waals surface area (Å²) in [6.45, 7) is 6.64. The summed E-state index contributed by atoms with van der Waals surface area (Å²) in [5.41, 5.74) is -0.961. The predicted octanol–water partition coefficient (Wildman–Crippen LogP) is 2.12. The van der Waals surface area contributed by atoms with Crippen LogP contribution in [0.5, 0.6) is 5.75 Å². The molecule has 0 aliphatic heterocycles. The van der Waals surface area contributed by atoms with Crippen molar-refractivity contribution in [3.05, 3.63) is 24.3 Å². The second-order valence-corrected chi connectivity index (χ2v) is 8.41. The standard InChI is InChI=1S/C16H21NO5S2/c1-5-6-11-22-12-7-9-13(10-8-12)24(20,21)17-16(23,14(18)19)15(2,3)4/h7-10,17,23H,11H2,1-4H3,(H,18,19). The number of hydrogen-bond donors (Lipinski definition) is 3. The maximum atomic E-state index is 12.5. The molecule has 24 heavy (non-hydrogen) atoms. The van der Waals surface area contributed by atoms with Gasteiger partial charge in [-0.3, -0.25) is 0 Å². The molecular formula is C16H21NO5S2. The largest absolute Gasteiger partial charge is 0.481 e. The minimum Gasteiger partial charge on any atom is -0.481 e. The van der Waals surface area contributed by atoms with Gasteiger partial charge in [-0.1, -0.05) is 26.7 Å². The number of benzene rings is 1. The van der Waals surface area contributed by atoms with Gasteiger partial charge in [0.15, 0.2) is 4.87 Å². The molecule has 0 aliphatic carbocycles. The number of carboxylic acids is 1. The number of hydrogen-bond acceptors (Lipinski definition) is 5. The first-order chi connectivity index (χ1) is 10.9. The molecule has 0 saturated carbocycles. The monoisotopic (exact) mass is 371 g/mol. The fourth-order valence-corrected chi connectivity index (χ4v) is 3.43. The van der Waals surface area contributed by atoms with Gasteiger partial charge in [-0.05, 0) is 31.2 Å². The third-order valence-corrected chi connectivity index (χ3v) is 5.89. The van der Waals surface area contributed by atoms with Gasteiger partial charge in [0.25, 0.3) is 0 Å². The lowest BCUT2D eigenvalue weighted by Gasteiger charge is -2.37. The van der Waals surface area contributed by atoms with E-state index in [1.165, 1.54) is 24.3 Å². The number of aliphatic carboxylic acids is 1. The van der Waals surface area contributed by atoms with Crippen molar-refractivity contribution in [1.29, 1.82) is 0 Å². The molecule has 0 saturated heterocycles. The first-order valence-corrected chi connectivity index (χ1v) is 8.99. The molecule has 0 amide bonds. The van der Waals surface area contributed by atoms with E-state index >= 15 is 0 Å². The average Bonchev–Trinajstić information content (AvgIpc) is 2.46. The number of carboxylic acid groups (broad SMARTS) is 1. The second kappa shape index (κ2) is 7.47. The summed E-state index contributed by atoms with van der Waals surface area (Å²) in [5, 5.41) is 9.41. The maximum absolute atomic E-state index is 12.5. The zero-order valence-electron chi connectivity index (χ0n) is 14.0. The van der Waals surface area contributed by atoms with E-state index in [-0.39, 0.29) is 11.5 Å². The minimum atomic E-state index is -4.08. The van der Waals surface area contributed by atoms with Crippen LogP contribution in [0.15, 0.2) is 29.2 Å². The Labute approximate surface area is 148 Å². The Morgan fingerprint density at radius 2 is 1.83 bits per heavy atom. The molecule has 0 spiro atoms. The summed E-state index contributed by atoms with van der Waals surface area (Å²) < 4.78 is 32.4. The number of ether oxygens (including phenoxy) is 1. The predicted molar refractivity (Wildman–Crippen MR) is 94.5 cm³/mol. The highest BCUT2D eigenvalue weighted by molar-refractivity contribution is 7.91. The number of nitrogens with one attached hydrogen (secondary N) is 1. The molecule has 132 valence electrons. The summed E-state index contributed by atoms with van der Waals surface area (Å²) in [4.78, 5) is 9.50. The molecule has 0 radical (unpaired) electrons. The number of thiol groups is 1. The van der Waals surface area contributed by atoms with Crippen molar-refractivity contribution in [3.63, 3.8) is 0 Å². The van der Waals surface area contributed by atoms with Crippen LogP contribution in [-0.2, 0) is 14.8 Å². The summed E-state index contributed by atoms with van der Waals surface area (Å²) in [6.07, 6.45) is 0. The van der Waals surface area contributed by atoms with Crippen molar-refractivity contribution in [2.45, 2.75) is 37.5 Å². The maximum Gasteiger partial charge on any atom is 0.335 e. The zero-order chi connectivity index (χ0) is 18.6. The van der Waals surface area contributed by atoms with Crippen molar-refractivity contribution in [3.8, 4) is 17.6 Å². The molecule has 0 aromatic heterocycles. The third-order valence-electron chi connectivity index (χ3n) is 3.30. The Balaban J connectivity index is 3.07. The molecule has 0 bridgehead atoms. The Kier molecular flexibility index (Phi) is 6.33. The van der Waals surface area contributed by atoms with E-state index in [1.807, 2.05) is 0 Å². The van der Waals surface area contributed by atoms with Crippen LogP contribution in [0.2, 0.25) is 0 Å². The van der Waals surface area contributed by atoms with Gasteiger partial charge in [0.05, 0.1) is 4.90 Å². The third kappa shape index (κ3) is 4.66. The Morgan fingerprint density at radius 3 is 2.25 bits per heavy atom. The van der Waals surface area contributed by atoms with E-state index in [0.29, 0.717) is 5.75 Å². The highest BCUT2D eigenvalue weighted by Crippen LogP contribution is 2.35. The second-order valence-electron chi connectivity index (χ2n) is 6.06. The van der Waals surface area contributed by atoms with Crippen molar-refractivity contribution >= 4 is 28.6 Å². The van der Waals surface area contributed by atoms with Crippen molar-refractivity contribution < 1.29 is 23.1 Å². The van der Waals surface area contributed by atoms with Gasteiger partial charge < -0.3 is 9.84 Å². The molecule has 0 heterocycles. The van der Waals surface area contributed by atoms with Crippen LogP contribution in [-0.4, -0.2) is 31.0 Å². The normalized spacial score (nSPS) is 14.2. The molecule has 6 nitrogen and oxygen atoms in total. The Hall–Kier alpha value is -1.69. The lowest BCUT2D eigenvalue weighted by atomic mass is 9.86. The highest BCUT2D eigenvalue weighted by Gasteiger charge is 2.49. The number of carbonyl (C=O) groups is 1. The lowest BCUT2D eigenvalue weighted by molar-refractivity contribution is -0.143. The van der Waals surface area contributed by atoms with E-state index in [4.69, 9.17) is 4.74 Å². The van der Waals surface area contributed by atoms with Gasteiger partial charge in [0, 0.05) is 5.41 Å². The van der Waals surface area contributed by atoms with Gasteiger partial charge in [-0.25, -0.2) is 13.2 Å². The SMILES string of the molecule is CC#CCOc1ccc(S(=O)(=O)NC(S)(C(=O)O)C(C)(C)C)cc1. The summed E-state index contributed by atoms with van der Waals surface area (Å²) in [6, 6.07) is 5.61. The quantitative estimate of drug-likeness (QED) is 0.405. The first kappa shape index (κ1) is 20.4. The van der Waals surface area contributed by atoms with Crippen LogP contribution in [0, 0.1) is 17.3 Å². The first-order valence-electron chi connectivity index (χ1n) is 7.06. The van der Waals surface area contributed by atoms with Crippen LogP contribution >= 0.6 is 12.6 Å². The van der Waals surface area contributed by atoms with Crippen molar-refractivity contribution in [1.82, 2.24) is 4.72 Å². The molecular weight excluding hydrogens is 350 g/mol. The zero-order valence-corrected chi connectivity index (χ0v) is 15.7. The van der Waals surface area contributed by atoms with Crippen molar-refractivity contribution in [2.75, 3.05) is 6.61 Å². The molecule has 1 atom stereocenters. The van der Waals surface area contributed by atoms with Crippen LogP contribution < -0.4 is 9.46 Å². The van der Waals surface area contributed by atoms with Crippen LogP contribution in [0.4, 0.5) is 0 Å². The summed E-state index contributed by atoms with van der Waals surface area (Å²) in [5.74, 6) is 4.49. The topological polar surface area (TPSA) is 92.7 Å². The number of sulfonamides is 1. The van der Waals surface area contributed by atoms with Gasteiger partial charge in [0.1, 0.15) is 12.4 Å². The molecule has 0 aliphatic rings. The van der Waals surface area contributed by atoms with Crippen molar-refractivity contribution in [2.24, 2.45) is 5.41 Å². The van der Waals surface area contributed by atoms with Crippen LogP contribution in [0.1, 0.15) is 27.7 Å². The highest BCUT2D eigenvalue weighted by atomic mass is 32.2. The van der Waals surface area contributed by atoms with E-state index in [9.17, 15) is 18.3 Å². The van der Waals surface area contributed by atoms with Gasteiger partial charge in [0.2, 0.25) is 10.0 Å². The minimum absolute atomic E-state index is 0.0830. The van der Waals surface area contributed by atoms with Crippen LogP contribution in [0.3, 0.4) is 0 Å².